The van der Waals surface area contributed by atoms with E-state index in [4.69, 9.17) is 15.3 Å². The third kappa shape index (κ3) is 5.64. The normalized spacial score (nSPS) is 13.1. The van der Waals surface area contributed by atoms with Crippen molar-refractivity contribution in [2.45, 2.75) is 25.7 Å². The van der Waals surface area contributed by atoms with Crippen molar-refractivity contribution in [2.75, 3.05) is 24.7 Å². The van der Waals surface area contributed by atoms with Crippen LogP contribution in [0.4, 0.5) is 5.69 Å². The number of hydrazone groups is 1. The van der Waals surface area contributed by atoms with Gasteiger partial charge in [0.1, 0.15) is 5.71 Å². The molecule has 0 aliphatic carbocycles. The lowest BCUT2D eigenvalue weighted by Gasteiger charge is -2.23. The number of rotatable bonds is 8. The second-order valence-electron chi connectivity index (χ2n) is 5.86. The molecule has 28 heavy (non-hydrogen) atoms. The third-order valence-corrected chi connectivity index (χ3v) is 3.94. The molecule has 0 radical (unpaired) electrons. The van der Waals surface area contributed by atoms with Gasteiger partial charge in [-0.3, -0.25) is 9.59 Å². The fourth-order valence-electron chi connectivity index (χ4n) is 2.50. The smallest absolute Gasteiger partial charge is 0.355 e. The maximum Gasteiger partial charge on any atom is 0.355 e. The Morgan fingerprint density at radius 1 is 1.11 bits per heavy atom. The summed E-state index contributed by atoms with van der Waals surface area (Å²) in [6, 6.07) is 12.6. The van der Waals surface area contributed by atoms with Crippen molar-refractivity contribution in [3.8, 4) is 12.1 Å². The van der Waals surface area contributed by atoms with Crippen LogP contribution in [0, 0.1) is 22.7 Å². The van der Waals surface area contributed by atoms with E-state index in [0.717, 1.165) is 5.01 Å². The molecule has 2 rings (SSSR count). The monoisotopic (exact) mass is 381 g/mol. The van der Waals surface area contributed by atoms with Crippen LogP contribution in [0.2, 0.25) is 0 Å². The summed E-state index contributed by atoms with van der Waals surface area (Å²) in [5.41, 5.74) is 0.588. The van der Waals surface area contributed by atoms with Crippen LogP contribution >= 0.6 is 0 Å². The number of para-hydroxylation sites is 1. The van der Waals surface area contributed by atoms with Crippen molar-refractivity contribution >= 4 is 29.2 Å². The van der Waals surface area contributed by atoms with Gasteiger partial charge in [-0.1, -0.05) is 18.2 Å². The SMILES string of the molecule is N#CCCN(CCC#N)C(=O)COC(=O)C1=NN(c2ccccc2)C(=O)CC1. The highest BCUT2D eigenvalue weighted by molar-refractivity contribution is 6.38. The number of ether oxygens (including phenoxy) is 1. The molecule has 1 aliphatic rings. The quantitative estimate of drug-likeness (QED) is 0.626. The number of nitriles is 2. The zero-order valence-corrected chi connectivity index (χ0v) is 15.2. The second-order valence-corrected chi connectivity index (χ2v) is 5.86. The van der Waals surface area contributed by atoms with Crippen LogP contribution in [0.3, 0.4) is 0 Å². The highest BCUT2D eigenvalue weighted by atomic mass is 16.5. The van der Waals surface area contributed by atoms with Crippen molar-refractivity contribution < 1.29 is 19.1 Å². The van der Waals surface area contributed by atoms with Crippen LogP contribution in [0.25, 0.3) is 0 Å². The molecule has 0 fully saturated rings. The molecular formula is C19H19N5O4. The molecule has 0 N–H and O–H groups in total. The van der Waals surface area contributed by atoms with Crippen molar-refractivity contribution in [3.63, 3.8) is 0 Å². The van der Waals surface area contributed by atoms with Crippen LogP contribution in [0.5, 0.6) is 0 Å². The summed E-state index contributed by atoms with van der Waals surface area (Å²) in [5.74, 6) is -1.51. The summed E-state index contributed by atoms with van der Waals surface area (Å²) in [7, 11) is 0. The number of benzene rings is 1. The Kier molecular flexibility index (Phi) is 7.67. The van der Waals surface area contributed by atoms with E-state index in [9.17, 15) is 14.4 Å². The molecule has 2 amide bonds. The Labute approximate surface area is 162 Å². The average Bonchev–Trinajstić information content (AvgIpc) is 2.73. The van der Waals surface area contributed by atoms with Gasteiger partial charge in [0, 0.05) is 25.9 Å². The zero-order chi connectivity index (χ0) is 20.4. The highest BCUT2D eigenvalue weighted by Gasteiger charge is 2.27. The summed E-state index contributed by atoms with van der Waals surface area (Å²) in [5, 5.41) is 22.5. The minimum atomic E-state index is -0.776. The Morgan fingerprint density at radius 3 is 2.36 bits per heavy atom. The Hall–Kier alpha value is -3.72. The van der Waals surface area contributed by atoms with Gasteiger partial charge in [0.25, 0.3) is 5.91 Å². The van der Waals surface area contributed by atoms with Crippen molar-refractivity contribution in [1.82, 2.24) is 4.90 Å². The van der Waals surface area contributed by atoms with Gasteiger partial charge in [0.05, 0.1) is 30.7 Å². The third-order valence-electron chi connectivity index (χ3n) is 3.94. The van der Waals surface area contributed by atoms with Crippen LogP contribution in [0.15, 0.2) is 35.4 Å². The topological polar surface area (TPSA) is 127 Å². The number of anilines is 1. The first-order valence-electron chi connectivity index (χ1n) is 8.71. The van der Waals surface area contributed by atoms with E-state index < -0.39 is 18.5 Å². The van der Waals surface area contributed by atoms with E-state index in [1.54, 1.807) is 30.3 Å². The summed E-state index contributed by atoms with van der Waals surface area (Å²) in [6.45, 7) is -0.203. The molecule has 1 aromatic rings. The lowest BCUT2D eigenvalue weighted by Crippen LogP contribution is -2.38. The van der Waals surface area contributed by atoms with E-state index in [1.165, 1.54) is 4.90 Å². The fourth-order valence-corrected chi connectivity index (χ4v) is 2.50. The predicted molar refractivity (Wildman–Crippen MR) is 98.6 cm³/mol. The first-order valence-corrected chi connectivity index (χ1v) is 8.71. The molecule has 9 nitrogen and oxygen atoms in total. The van der Waals surface area contributed by atoms with Gasteiger partial charge in [-0.05, 0) is 12.1 Å². The summed E-state index contributed by atoms with van der Waals surface area (Å²) in [4.78, 5) is 37.9. The van der Waals surface area contributed by atoms with Gasteiger partial charge in [0.15, 0.2) is 6.61 Å². The van der Waals surface area contributed by atoms with Crippen molar-refractivity contribution in [1.29, 1.82) is 10.5 Å². The Balaban J connectivity index is 1.99. The van der Waals surface area contributed by atoms with E-state index >= 15 is 0 Å². The summed E-state index contributed by atoms with van der Waals surface area (Å²) >= 11 is 0. The number of carbonyl (C=O) groups excluding carboxylic acids is 3. The molecule has 0 aromatic heterocycles. The molecular weight excluding hydrogens is 362 g/mol. The molecule has 0 spiro atoms. The molecule has 0 bridgehead atoms. The zero-order valence-electron chi connectivity index (χ0n) is 15.2. The molecule has 0 atom stereocenters. The number of amides is 2. The van der Waals surface area contributed by atoms with E-state index in [2.05, 4.69) is 5.10 Å². The molecule has 0 saturated heterocycles. The van der Waals surface area contributed by atoms with Gasteiger partial charge in [-0.2, -0.15) is 15.6 Å². The summed E-state index contributed by atoms with van der Waals surface area (Å²) in [6.07, 6.45) is 0.465. The van der Waals surface area contributed by atoms with Crippen LogP contribution in [-0.4, -0.2) is 48.1 Å². The second kappa shape index (κ2) is 10.4. The van der Waals surface area contributed by atoms with Gasteiger partial charge < -0.3 is 9.64 Å². The van der Waals surface area contributed by atoms with Crippen molar-refractivity contribution in [2.24, 2.45) is 5.10 Å². The van der Waals surface area contributed by atoms with Crippen LogP contribution < -0.4 is 5.01 Å². The molecule has 0 saturated carbocycles. The summed E-state index contributed by atoms with van der Waals surface area (Å²) < 4.78 is 5.04. The minimum absolute atomic E-state index is 0.0526. The predicted octanol–water partition coefficient (Wildman–Crippen LogP) is 1.37. The van der Waals surface area contributed by atoms with Crippen LogP contribution in [-0.2, 0) is 19.1 Å². The fraction of sp³-hybridized carbons (Fsp3) is 0.368. The lowest BCUT2D eigenvalue weighted by molar-refractivity contribution is -0.147. The molecule has 1 heterocycles. The molecule has 1 aromatic carbocycles. The van der Waals surface area contributed by atoms with E-state index in [0.29, 0.717) is 5.69 Å². The number of esters is 1. The number of hydrogen-bond donors (Lipinski definition) is 0. The first kappa shape index (κ1) is 20.6. The minimum Gasteiger partial charge on any atom is -0.451 e. The maximum atomic E-state index is 12.3. The van der Waals surface area contributed by atoms with Gasteiger partial charge in [-0.15, -0.1) is 0 Å². The molecule has 0 unspecified atom stereocenters. The Morgan fingerprint density at radius 2 is 1.75 bits per heavy atom. The molecule has 144 valence electrons. The van der Waals surface area contributed by atoms with Crippen LogP contribution in [0.1, 0.15) is 25.7 Å². The number of carbonyl (C=O) groups is 3. The maximum absolute atomic E-state index is 12.3. The standard InChI is InChI=1S/C19H19N5O4/c20-10-4-12-23(13-5-11-21)18(26)14-28-19(27)16-8-9-17(25)24(22-16)15-6-2-1-3-7-15/h1-3,6-7H,4-5,8-9,12-14H2. The van der Waals surface area contributed by atoms with Gasteiger partial charge in [0.2, 0.25) is 5.91 Å². The molecule has 9 heteroatoms. The Bertz CT molecular complexity index is 820. The first-order chi connectivity index (χ1) is 13.6. The van der Waals surface area contributed by atoms with Gasteiger partial charge >= 0.3 is 5.97 Å². The van der Waals surface area contributed by atoms with E-state index in [1.807, 2.05) is 12.1 Å². The number of hydrogen-bond acceptors (Lipinski definition) is 7. The molecule has 1 aliphatic heterocycles. The largest absolute Gasteiger partial charge is 0.451 e. The van der Waals surface area contributed by atoms with Gasteiger partial charge in [-0.25, -0.2) is 9.80 Å². The number of nitrogens with zero attached hydrogens (tertiary/aromatic N) is 5. The highest BCUT2D eigenvalue weighted by Crippen LogP contribution is 2.20. The average molecular weight is 381 g/mol. The van der Waals surface area contributed by atoms with Crippen molar-refractivity contribution in [3.05, 3.63) is 30.3 Å². The lowest BCUT2D eigenvalue weighted by atomic mass is 10.1. The van der Waals surface area contributed by atoms with E-state index in [-0.39, 0.29) is 50.4 Å².